The molecule has 0 aliphatic heterocycles. The van der Waals surface area contributed by atoms with Gasteiger partial charge in [0.05, 0.1) is 18.1 Å². The van der Waals surface area contributed by atoms with Crippen molar-refractivity contribution in [2.24, 2.45) is 4.99 Å². The average molecular weight is 332 g/mol. The maximum atomic E-state index is 5.90. The molecule has 1 aromatic carbocycles. The van der Waals surface area contributed by atoms with Gasteiger partial charge in [-0.25, -0.2) is 4.98 Å². The van der Waals surface area contributed by atoms with Crippen molar-refractivity contribution in [2.45, 2.75) is 33.4 Å². The Morgan fingerprint density at radius 3 is 2.83 bits per heavy atom. The third-order valence-electron chi connectivity index (χ3n) is 3.21. The molecule has 6 heteroatoms. The Morgan fingerprint density at radius 1 is 1.35 bits per heavy atom. The highest BCUT2D eigenvalue weighted by atomic mass is 32.1. The maximum absolute atomic E-state index is 5.90. The van der Waals surface area contributed by atoms with E-state index in [2.05, 4.69) is 33.6 Å². The second-order valence-corrected chi connectivity index (χ2v) is 6.72. The molecule has 0 aliphatic carbocycles. The molecule has 0 fully saturated rings. The summed E-state index contributed by atoms with van der Waals surface area (Å²) in [4.78, 5) is 9.66. The zero-order valence-electron chi connectivity index (χ0n) is 14.1. The number of thiazole rings is 1. The lowest BCUT2D eigenvalue weighted by Gasteiger charge is -2.17. The van der Waals surface area contributed by atoms with Crippen LogP contribution in [0.4, 0.5) is 0 Å². The van der Waals surface area contributed by atoms with Gasteiger partial charge in [0.15, 0.2) is 5.96 Å². The van der Waals surface area contributed by atoms with Gasteiger partial charge < -0.3 is 15.4 Å². The highest BCUT2D eigenvalue weighted by molar-refractivity contribution is 7.11. The van der Waals surface area contributed by atoms with Gasteiger partial charge >= 0.3 is 0 Å². The van der Waals surface area contributed by atoms with Gasteiger partial charge in [0, 0.05) is 18.1 Å². The van der Waals surface area contributed by atoms with E-state index in [0.717, 1.165) is 23.3 Å². The van der Waals surface area contributed by atoms with E-state index in [1.165, 1.54) is 10.4 Å². The normalized spacial score (nSPS) is 12.8. The third kappa shape index (κ3) is 5.90. The molecule has 1 atom stereocenters. The number of ether oxygens (including phenoxy) is 1. The Morgan fingerprint density at radius 2 is 2.17 bits per heavy atom. The van der Waals surface area contributed by atoms with E-state index in [1.807, 2.05) is 38.2 Å². The number of rotatable bonds is 6. The van der Waals surface area contributed by atoms with Crippen LogP contribution < -0.4 is 15.4 Å². The first-order valence-electron chi connectivity index (χ1n) is 7.66. The van der Waals surface area contributed by atoms with E-state index in [4.69, 9.17) is 4.74 Å². The summed E-state index contributed by atoms with van der Waals surface area (Å²) in [5, 5.41) is 7.63. The monoisotopic (exact) mass is 332 g/mol. The van der Waals surface area contributed by atoms with E-state index in [-0.39, 0.29) is 6.10 Å². The van der Waals surface area contributed by atoms with Gasteiger partial charge in [-0.3, -0.25) is 4.99 Å². The molecule has 0 saturated heterocycles. The molecular weight excluding hydrogens is 308 g/mol. The van der Waals surface area contributed by atoms with Crippen LogP contribution in [0.3, 0.4) is 0 Å². The lowest BCUT2D eigenvalue weighted by atomic mass is 10.2. The summed E-state index contributed by atoms with van der Waals surface area (Å²) in [5.41, 5.74) is 1.19. The number of nitrogens with zero attached hydrogens (tertiary/aromatic N) is 2. The average Bonchev–Trinajstić information content (AvgIpc) is 2.93. The molecule has 1 heterocycles. The van der Waals surface area contributed by atoms with Crippen molar-refractivity contribution in [3.63, 3.8) is 0 Å². The molecule has 0 saturated carbocycles. The smallest absolute Gasteiger partial charge is 0.191 e. The van der Waals surface area contributed by atoms with Crippen LogP contribution in [0.2, 0.25) is 0 Å². The van der Waals surface area contributed by atoms with Gasteiger partial charge in [0.1, 0.15) is 11.9 Å². The Hall–Kier alpha value is -2.08. The van der Waals surface area contributed by atoms with Crippen molar-refractivity contribution in [2.75, 3.05) is 13.6 Å². The standard InChI is InChI=1S/C17H24N4OS/c1-12-6-5-7-15(8-12)22-13(2)9-20-17(18-4)21-11-16-10-19-14(3)23-16/h5-8,10,13H,9,11H2,1-4H3,(H2,18,20,21). The van der Waals surface area contributed by atoms with Crippen molar-refractivity contribution >= 4 is 17.3 Å². The number of aryl methyl sites for hydroxylation is 2. The Bertz CT molecular complexity index is 654. The fraction of sp³-hybridized carbons (Fsp3) is 0.412. The van der Waals surface area contributed by atoms with Crippen LogP contribution in [0.25, 0.3) is 0 Å². The molecule has 2 aromatic rings. The van der Waals surface area contributed by atoms with Gasteiger partial charge in [0.2, 0.25) is 0 Å². The fourth-order valence-electron chi connectivity index (χ4n) is 2.08. The molecule has 0 amide bonds. The Kier molecular flexibility index (Phi) is 6.40. The summed E-state index contributed by atoms with van der Waals surface area (Å²) < 4.78 is 5.90. The van der Waals surface area contributed by atoms with Gasteiger partial charge in [-0.2, -0.15) is 0 Å². The van der Waals surface area contributed by atoms with E-state index in [1.54, 1.807) is 18.4 Å². The molecular formula is C17H24N4OS. The first kappa shape index (κ1) is 17.3. The maximum Gasteiger partial charge on any atom is 0.191 e. The molecule has 1 unspecified atom stereocenters. The van der Waals surface area contributed by atoms with Gasteiger partial charge in [-0.05, 0) is 38.5 Å². The quantitative estimate of drug-likeness (QED) is 0.631. The van der Waals surface area contributed by atoms with E-state index in [9.17, 15) is 0 Å². The minimum absolute atomic E-state index is 0.0426. The molecule has 5 nitrogen and oxygen atoms in total. The van der Waals surface area contributed by atoms with Gasteiger partial charge in [-0.15, -0.1) is 11.3 Å². The molecule has 23 heavy (non-hydrogen) atoms. The van der Waals surface area contributed by atoms with Crippen LogP contribution in [0.1, 0.15) is 22.4 Å². The van der Waals surface area contributed by atoms with Gasteiger partial charge in [-0.1, -0.05) is 12.1 Å². The van der Waals surface area contributed by atoms with Crippen LogP contribution in [-0.4, -0.2) is 30.6 Å². The predicted octanol–water partition coefficient (Wildman–Crippen LogP) is 2.89. The Labute approximate surface area is 141 Å². The molecule has 1 aromatic heterocycles. The summed E-state index contributed by atoms with van der Waals surface area (Å²) >= 11 is 1.69. The minimum Gasteiger partial charge on any atom is -0.489 e. The molecule has 2 rings (SSSR count). The van der Waals surface area contributed by atoms with Crippen molar-refractivity contribution in [3.05, 3.63) is 45.9 Å². The summed E-state index contributed by atoms with van der Waals surface area (Å²) in [6.07, 6.45) is 1.94. The SMILES string of the molecule is CN=C(NCc1cnc(C)s1)NCC(C)Oc1cccc(C)c1. The number of benzene rings is 1. The van der Waals surface area contributed by atoms with E-state index >= 15 is 0 Å². The highest BCUT2D eigenvalue weighted by Crippen LogP contribution is 2.14. The fourth-order valence-corrected chi connectivity index (χ4v) is 2.82. The lowest BCUT2D eigenvalue weighted by Crippen LogP contribution is -2.41. The van der Waals surface area contributed by atoms with Crippen molar-refractivity contribution in [3.8, 4) is 5.75 Å². The summed E-state index contributed by atoms with van der Waals surface area (Å²) in [5.74, 6) is 1.65. The zero-order chi connectivity index (χ0) is 16.7. The molecule has 0 aliphatic rings. The first-order valence-corrected chi connectivity index (χ1v) is 8.47. The number of guanidine groups is 1. The molecule has 0 radical (unpaired) electrons. The summed E-state index contributed by atoms with van der Waals surface area (Å²) in [6.45, 7) is 7.50. The zero-order valence-corrected chi connectivity index (χ0v) is 14.9. The molecule has 0 spiro atoms. The number of aromatic nitrogens is 1. The molecule has 124 valence electrons. The second kappa shape index (κ2) is 8.53. The molecule has 2 N–H and O–H groups in total. The molecule has 0 bridgehead atoms. The number of hydrogen-bond donors (Lipinski definition) is 2. The van der Waals surface area contributed by atoms with Crippen LogP contribution in [0, 0.1) is 13.8 Å². The van der Waals surface area contributed by atoms with Crippen LogP contribution in [0.15, 0.2) is 35.5 Å². The van der Waals surface area contributed by atoms with Gasteiger partial charge in [0.25, 0.3) is 0 Å². The predicted molar refractivity (Wildman–Crippen MR) is 96.3 cm³/mol. The second-order valence-electron chi connectivity index (χ2n) is 5.40. The van der Waals surface area contributed by atoms with Crippen molar-refractivity contribution < 1.29 is 4.74 Å². The number of aliphatic imine (C=N–C) groups is 1. The lowest BCUT2D eigenvalue weighted by molar-refractivity contribution is 0.223. The summed E-state index contributed by atoms with van der Waals surface area (Å²) in [6, 6.07) is 8.07. The number of hydrogen-bond acceptors (Lipinski definition) is 4. The van der Waals surface area contributed by atoms with Crippen LogP contribution >= 0.6 is 11.3 Å². The topological polar surface area (TPSA) is 58.5 Å². The Balaban J connectivity index is 1.76. The first-order chi connectivity index (χ1) is 11.1. The summed E-state index contributed by atoms with van der Waals surface area (Å²) in [7, 11) is 1.76. The van der Waals surface area contributed by atoms with E-state index in [0.29, 0.717) is 6.54 Å². The number of nitrogens with one attached hydrogen (secondary N) is 2. The van der Waals surface area contributed by atoms with Crippen LogP contribution in [0.5, 0.6) is 5.75 Å². The minimum atomic E-state index is 0.0426. The van der Waals surface area contributed by atoms with Crippen LogP contribution in [-0.2, 0) is 6.54 Å². The largest absolute Gasteiger partial charge is 0.489 e. The van der Waals surface area contributed by atoms with Crippen molar-refractivity contribution in [1.29, 1.82) is 0 Å². The third-order valence-corrected chi connectivity index (χ3v) is 4.12. The van der Waals surface area contributed by atoms with Crippen molar-refractivity contribution in [1.82, 2.24) is 15.6 Å². The highest BCUT2D eigenvalue weighted by Gasteiger charge is 2.06. The van der Waals surface area contributed by atoms with E-state index < -0.39 is 0 Å².